The summed E-state index contributed by atoms with van der Waals surface area (Å²) >= 11 is 0. The van der Waals surface area contributed by atoms with E-state index in [2.05, 4.69) is 53.5 Å². The lowest BCUT2D eigenvalue weighted by molar-refractivity contribution is 1.45. The van der Waals surface area contributed by atoms with Gasteiger partial charge < -0.3 is 4.98 Å². The minimum absolute atomic E-state index is 0. The number of hydrogen-bond donors (Lipinski definition) is 1. The highest BCUT2D eigenvalue weighted by Gasteiger charge is 2.00. The van der Waals surface area contributed by atoms with E-state index >= 15 is 0 Å². The van der Waals surface area contributed by atoms with Crippen LogP contribution in [0, 0.1) is 0 Å². The molecular weight excluding hydrogens is 253 g/mol. The average Bonchev–Trinajstić information content (AvgIpc) is 2.74. The van der Waals surface area contributed by atoms with Crippen molar-refractivity contribution in [2.45, 2.75) is 0 Å². The minimum Gasteiger partial charge on any atom is -0.355 e. The lowest BCUT2D eigenvalue weighted by atomic mass is 10.1. The van der Waals surface area contributed by atoms with Gasteiger partial charge in [0.1, 0.15) is 0 Å². The molecule has 0 aliphatic carbocycles. The molecule has 0 unspecified atom stereocenters. The molecule has 3 heteroatoms. The van der Waals surface area contributed by atoms with Crippen molar-refractivity contribution >= 4 is 35.7 Å². The number of aromatic amines is 1. The van der Waals surface area contributed by atoms with Crippen LogP contribution in [0.2, 0.25) is 0 Å². The zero-order valence-corrected chi connectivity index (χ0v) is 10.7. The van der Waals surface area contributed by atoms with E-state index < -0.39 is 0 Å². The molecule has 0 amide bonds. The van der Waals surface area contributed by atoms with E-state index in [4.69, 9.17) is 0 Å². The molecule has 0 saturated carbocycles. The summed E-state index contributed by atoms with van der Waals surface area (Å²) in [4.78, 5) is 3.41. The van der Waals surface area contributed by atoms with Gasteiger partial charge in [0.15, 0.2) is 0 Å². The monoisotopic (exact) mass is 265 g/mol. The Kier molecular flexibility index (Phi) is 4.62. The summed E-state index contributed by atoms with van der Waals surface area (Å²) in [6.07, 6.45) is 0. The smallest absolute Gasteiger partial charge is 0.0464 e. The second-order valence-electron chi connectivity index (χ2n) is 3.64. The highest BCUT2D eigenvalue weighted by Crippen LogP contribution is 2.23. The number of H-pyrrole nitrogens is 1. The van der Waals surface area contributed by atoms with Gasteiger partial charge in [0, 0.05) is 16.6 Å². The molecule has 1 heterocycles. The van der Waals surface area contributed by atoms with Gasteiger partial charge in [-0.1, -0.05) is 48.5 Å². The fourth-order valence-electron chi connectivity index (χ4n) is 1.85. The summed E-state index contributed by atoms with van der Waals surface area (Å²) in [7, 11) is 0. The molecule has 0 aliphatic rings. The molecule has 1 N–H and O–H groups in total. The van der Waals surface area contributed by atoms with E-state index in [9.17, 15) is 0 Å². The van der Waals surface area contributed by atoms with Gasteiger partial charge in [0.2, 0.25) is 0 Å². The fraction of sp³-hybridized carbons (Fsp3) is 0. The topological polar surface area (TPSA) is 15.8 Å². The molecule has 1 aromatic heterocycles. The zero-order valence-electron chi connectivity index (χ0n) is 9.09. The van der Waals surface area contributed by atoms with Gasteiger partial charge in [-0.15, -0.1) is 24.8 Å². The van der Waals surface area contributed by atoms with E-state index in [1.54, 1.807) is 0 Å². The molecule has 3 rings (SSSR count). The van der Waals surface area contributed by atoms with E-state index in [1.807, 2.05) is 12.1 Å². The van der Waals surface area contributed by atoms with Gasteiger partial charge in [0.05, 0.1) is 0 Å². The Balaban J connectivity index is 0.000000722. The Labute approximate surface area is 113 Å². The third-order valence-electron chi connectivity index (χ3n) is 2.61. The number of halogens is 2. The second kappa shape index (κ2) is 5.76. The van der Waals surface area contributed by atoms with Crippen LogP contribution in [0.4, 0.5) is 0 Å². The first kappa shape index (κ1) is 13.6. The molecule has 0 spiro atoms. The van der Waals surface area contributed by atoms with Gasteiger partial charge >= 0.3 is 0 Å². The Morgan fingerprint density at radius 3 is 2.06 bits per heavy atom. The van der Waals surface area contributed by atoms with Gasteiger partial charge in [-0.3, -0.25) is 0 Å². The van der Waals surface area contributed by atoms with Crippen LogP contribution in [-0.2, 0) is 0 Å². The standard InChI is InChI=1S/C14H11N.2ClH/c1-2-6-11(7-3-1)14-10-12-8-4-5-9-13(12)15-14;;/h1-10,15H;2*1H. The normalized spacial score (nSPS) is 9.41. The zero-order chi connectivity index (χ0) is 10.1. The van der Waals surface area contributed by atoms with Crippen molar-refractivity contribution in [2.75, 3.05) is 0 Å². The minimum atomic E-state index is 0. The Morgan fingerprint density at radius 1 is 0.706 bits per heavy atom. The van der Waals surface area contributed by atoms with Crippen molar-refractivity contribution in [3.63, 3.8) is 0 Å². The molecule has 2 aromatic carbocycles. The highest BCUT2D eigenvalue weighted by molar-refractivity contribution is 5.86. The van der Waals surface area contributed by atoms with Crippen LogP contribution < -0.4 is 0 Å². The summed E-state index contributed by atoms with van der Waals surface area (Å²) in [5.41, 5.74) is 3.60. The molecular formula is C14H13Cl2N. The molecule has 88 valence electrons. The first-order chi connectivity index (χ1) is 7.43. The van der Waals surface area contributed by atoms with Crippen LogP contribution in [0.25, 0.3) is 22.2 Å². The molecule has 0 atom stereocenters. The van der Waals surface area contributed by atoms with Crippen molar-refractivity contribution in [3.05, 3.63) is 60.7 Å². The molecule has 17 heavy (non-hydrogen) atoms. The maximum atomic E-state index is 3.41. The van der Waals surface area contributed by atoms with E-state index in [-0.39, 0.29) is 24.8 Å². The lowest BCUT2D eigenvalue weighted by Crippen LogP contribution is -1.74. The third-order valence-corrected chi connectivity index (χ3v) is 2.61. The SMILES string of the molecule is Cl.Cl.c1ccc(-c2cc3ccccc3[nH]2)cc1. The summed E-state index contributed by atoms with van der Waals surface area (Å²) in [5, 5.41) is 1.26. The van der Waals surface area contributed by atoms with E-state index in [0.29, 0.717) is 0 Å². The number of fused-ring (bicyclic) bond motifs is 1. The molecule has 0 bridgehead atoms. The number of nitrogens with one attached hydrogen (secondary N) is 1. The number of aromatic nitrogens is 1. The summed E-state index contributed by atoms with van der Waals surface area (Å²) < 4.78 is 0. The number of rotatable bonds is 1. The molecule has 0 radical (unpaired) electrons. The molecule has 1 nitrogen and oxygen atoms in total. The maximum absolute atomic E-state index is 3.41. The predicted octanol–water partition coefficient (Wildman–Crippen LogP) is 4.68. The quantitative estimate of drug-likeness (QED) is 0.658. The first-order valence-corrected chi connectivity index (χ1v) is 5.07. The second-order valence-corrected chi connectivity index (χ2v) is 3.64. The van der Waals surface area contributed by atoms with E-state index in [0.717, 1.165) is 0 Å². The largest absolute Gasteiger partial charge is 0.355 e. The lowest BCUT2D eigenvalue weighted by Gasteiger charge is -1.94. The van der Waals surface area contributed by atoms with Crippen molar-refractivity contribution < 1.29 is 0 Å². The summed E-state index contributed by atoms with van der Waals surface area (Å²) in [6, 6.07) is 20.9. The predicted molar refractivity (Wildman–Crippen MR) is 78.2 cm³/mol. The number of hydrogen-bond acceptors (Lipinski definition) is 0. The van der Waals surface area contributed by atoms with Crippen molar-refractivity contribution in [1.82, 2.24) is 4.98 Å². The average molecular weight is 266 g/mol. The third kappa shape index (κ3) is 2.63. The van der Waals surface area contributed by atoms with Crippen LogP contribution in [-0.4, -0.2) is 4.98 Å². The maximum Gasteiger partial charge on any atom is 0.0464 e. The van der Waals surface area contributed by atoms with Crippen molar-refractivity contribution in [3.8, 4) is 11.3 Å². The van der Waals surface area contributed by atoms with Crippen LogP contribution in [0.5, 0.6) is 0 Å². The Morgan fingerprint density at radius 2 is 1.35 bits per heavy atom. The first-order valence-electron chi connectivity index (χ1n) is 5.07. The van der Waals surface area contributed by atoms with Crippen LogP contribution in [0.15, 0.2) is 60.7 Å². The van der Waals surface area contributed by atoms with Gasteiger partial charge in [-0.25, -0.2) is 0 Å². The van der Waals surface area contributed by atoms with Gasteiger partial charge in [0.25, 0.3) is 0 Å². The highest BCUT2D eigenvalue weighted by atomic mass is 35.5. The molecule has 0 fully saturated rings. The van der Waals surface area contributed by atoms with E-state index in [1.165, 1.54) is 22.2 Å². The van der Waals surface area contributed by atoms with Crippen molar-refractivity contribution in [2.24, 2.45) is 0 Å². The van der Waals surface area contributed by atoms with Crippen LogP contribution in [0.1, 0.15) is 0 Å². The van der Waals surface area contributed by atoms with Gasteiger partial charge in [-0.2, -0.15) is 0 Å². The fourth-order valence-corrected chi connectivity index (χ4v) is 1.85. The van der Waals surface area contributed by atoms with Crippen LogP contribution >= 0.6 is 24.8 Å². The molecule has 0 saturated heterocycles. The Hall–Kier alpha value is -1.44. The molecule has 3 aromatic rings. The van der Waals surface area contributed by atoms with Crippen LogP contribution in [0.3, 0.4) is 0 Å². The summed E-state index contributed by atoms with van der Waals surface area (Å²) in [6.45, 7) is 0. The van der Waals surface area contributed by atoms with Crippen molar-refractivity contribution in [1.29, 1.82) is 0 Å². The summed E-state index contributed by atoms with van der Waals surface area (Å²) in [5.74, 6) is 0. The number of para-hydroxylation sites is 1. The number of benzene rings is 2. The molecule has 0 aliphatic heterocycles. The Bertz CT molecular complexity index is 554. The van der Waals surface area contributed by atoms with Gasteiger partial charge in [-0.05, 0) is 17.7 Å².